The largest absolute Gasteiger partial charge is 0.309 e. The van der Waals surface area contributed by atoms with Gasteiger partial charge in [0.15, 0.2) is 34.9 Å². The summed E-state index contributed by atoms with van der Waals surface area (Å²) in [5, 5.41) is 9.83. The van der Waals surface area contributed by atoms with Gasteiger partial charge in [0, 0.05) is 99.2 Å². The lowest BCUT2D eigenvalue weighted by molar-refractivity contribution is 1.07. The van der Waals surface area contributed by atoms with Crippen molar-refractivity contribution in [2.75, 3.05) is 0 Å². The second kappa shape index (κ2) is 30.8. The molecule has 580 valence electrons. The maximum absolute atomic E-state index is 5.11. The Morgan fingerprint density at radius 1 is 0.113 bits per heavy atom. The summed E-state index contributed by atoms with van der Waals surface area (Å²) in [5.41, 5.74) is 28.7. The van der Waals surface area contributed by atoms with Crippen LogP contribution in [0.2, 0.25) is 0 Å². The molecular formula is C114H74N10. The van der Waals surface area contributed by atoms with Crippen molar-refractivity contribution in [2.45, 2.75) is 0 Å². The van der Waals surface area contributed by atoms with E-state index in [1.165, 1.54) is 87.4 Å². The Hall–Kier alpha value is -16.8. The second-order valence-corrected chi connectivity index (χ2v) is 31.3. The van der Waals surface area contributed by atoms with Gasteiger partial charge >= 0.3 is 0 Å². The smallest absolute Gasteiger partial charge is 0.164 e. The number of nitrogens with zero attached hydrogens (tertiary/aromatic N) is 10. The van der Waals surface area contributed by atoms with Crippen LogP contribution in [-0.4, -0.2) is 48.2 Å². The molecule has 0 amide bonds. The van der Waals surface area contributed by atoms with Crippen LogP contribution < -0.4 is 0 Å². The van der Waals surface area contributed by atoms with E-state index in [-0.39, 0.29) is 0 Å². The molecule has 0 atom stereocenters. The van der Waals surface area contributed by atoms with Crippen molar-refractivity contribution in [3.63, 3.8) is 0 Å². The fraction of sp³-hybridized carbons (Fsp3) is 0. The van der Waals surface area contributed by atoms with E-state index in [4.69, 9.17) is 29.9 Å². The zero-order chi connectivity index (χ0) is 82.0. The fourth-order valence-corrected chi connectivity index (χ4v) is 18.0. The topological polar surface area (TPSA) is 97.1 Å². The Morgan fingerprint density at radius 3 is 0.581 bits per heavy atom. The highest BCUT2D eigenvalue weighted by atomic mass is 15.1. The molecule has 6 heterocycles. The van der Waals surface area contributed by atoms with Gasteiger partial charge in [-0.05, 0) is 172 Å². The average molecular weight is 1580 g/mol. The van der Waals surface area contributed by atoms with Crippen LogP contribution in [0.5, 0.6) is 0 Å². The Kier molecular flexibility index (Phi) is 18.0. The van der Waals surface area contributed by atoms with Gasteiger partial charge in [0.1, 0.15) is 0 Å². The minimum Gasteiger partial charge on any atom is -0.309 e. The van der Waals surface area contributed by atoms with Crippen molar-refractivity contribution < 1.29 is 0 Å². The molecule has 0 saturated carbocycles. The predicted octanol–water partition coefficient (Wildman–Crippen LogP) is 28.8. The van der Waals surface area contributed by atoms with E-state index >= 15 is 0 Å². The highest BCUT2D eigenvalue weighted by molar-refractivity contribution is 6.21. The SMILES string of the molecule is c1ccc(-c2ccc(-c3ccc(-c4nc(-c5ccccc5)nc(-c5ccc(-n6c7ccccc7c7cc8c9ccccc9n(-c9ccccc9)c8cc76)cc5)n4)cc3)cc2)cc1.c1ccc(-c2cccc(-c3ccc(-c4nc(-c5ccccc5)nc(-c5ccc(-n6c7ccccc7c7cc8c9ccccc9n(-c9ccccc9)c8cc76)cc5)n4)cc3)c2)cc1. The van der Waals surface area contributed by atoms with Gasteiger partial charge in [-0.2, -0.15) is 0 Å². The standard InChI is InChI=1S/2C57H37N5/c1-4-15-38(16-5-1)43-19-14-20-44(35-43)39-27-29-41(30-28-39)56-58-55(40-17-6-2-7-18-40)59-57(60-56)42-31-33-46(34-32-42)62-52-26-13-11-24-48(52)50-36-49-47-23-10-12-25-51(47)61(53(49)37-54(50)62)45-21-8-3-9-22-45;1-4-14-38(15-5-1)39-24-26-40(27-25-39)41-28-30-43(31-29-41)56-58-55(42-16-6-2-7-17-42)59-57(60-56)44-32-34-46(35-33-44)62-52-23-13-11-21-48(52)50-36-49-47-20-10-12-22-51(47)61(53(49)37-54(50)62)45-18-8-3-9-19-45/h2*1-37H. The molecular weight excluding hydrogens is 1510 g/mol. The van der Waals surface area contributed by atoms with Gasteiger partial charge in [-0.3, -0.25) is 0 Å². The molecule has 0 saturated heterocycles. The lowest BCUT2D eigenvalue weighted by atomic mass is 9.98. The average Bonchev–Trinajstić information content (AvgIpc) is 1.56. The number of hydrogen-bond acceptors (Lipinski definition) is 6. The maximum Gasteiger partial charge on any atom is 0.164 e. The number of rotatable bonds is 14. The number of para-hydroxylation sites is 6. The summed E-state index contributed by atoms with van der Waals surface area (Å²) in [5.74, 6) is 3.77. The van der Waals surface area contributed by atoms with Crippen LogP contribution in [0.3, 0.4) is 0 Å². The molecule has 0 N–H and O–H groups in total. The number of hydrogen-bond donors (Lipinski definition) is 0. The number of aromatic nitrogens is 10. The molecule has 0 unspecified atom stereocenters. The summed E-state index contributed by atoms with van der Waals surface area (Å²) < 4.78 is 9.53. The van der Waals surface area contributed by atoms with Gasteiger partial charge in [-0.25, -0.2) is 29.9 Å². The lowest BCUT2D eigenvalue weighted by Crippen LogP contribution is -2.00. The summed E-state index contributed by atoms with van der Waals surface area (Å²) in [4.78, 5) is 30.4. The number of fused-ring (bicyclic) bond motifs is 12. The van der Waals surface area contributed by atoms with Crippen LogP contribution in [0, 0.1) is 0 Å². The van der Waals surface area contributed by atoms with Crippen LogP contribution in [0.15, 0.2) is 449 Å². The molecule has 24 aromatic rings. The first-order valence-corrected chi connectivity index (χ1v) is 41.9. The van der Waals surface area contributed by atoms with Crippen molar-refractivity contribution in [2.24, 2.45) is 0 Å². The third kappa shape index (κ3) is 13.1. The Balaban J connectivity index is 0.000000143. The summed E-state index contributed by atoms with van der Waals surface area (Å²) in [6.07, 6.45) is 0. The molecule has 24 rings (SSSR count). The Labute approximate surface area is 715 Å². The molecule has 0 radical (unpaired) electrons. The molecule has 10 heteroatoms. The lowest BCUT2D eigenvalue weighted by Gasteiger charge is -2.12. The van der Waals surface area contributed by atoms with Gasteiger partial charge in [-0.15, -0.1) is 0 Å². The van der Waals surface area contributed by atoms with Crippen LogP contribution in [0.4, 0.5) is 0 Å². The zero-order valence-corrected chi connectivity index (χ0v) is 67.2. The van der Waals surface area contributed by atoms with Crippen LogP contribution >= 0.6 is 0 Å². The third-order valence-electron chi connectivity index (χ3n) is 24.0. The first-order valence-electron chi connectivity index (χ1n) is 41.9. The first kappa shape index (κ1) is 72.4. The van der Waals surface area contributed by atoms with Gasteiger partial charge in [-0.1, -0.05) is 322 Å². The highest BCUT2D eigenvalue weighted by Gasteiger charge is 2.24. The number of benzene rings is 18. The molecule has 0 bridgehead atoms. The molecule has 0 aliphatic rings. The molecule has 18 aromatic carbocycles. The van der Waals surface area contributed by atoms with Gasteiger partial charge < -0.3 is 18.3 Å². The van der Waals surface area contributed by atoms with E-state index in [1.807, 2.05) is 72.8 Å². The normalized spacial score (nSPS) is 11.5. The predicted molar refractivity (Wildman–Crippen MR) is 511 cm³/mol. The summed E-state index contributed by atoms with van der Waals surface area (Å²) in [6.45, 7) is 0. The quantitative estimate of drug-likeness (QED) is 0.108. The van der Waals surface area contributed by atoms with Crippen molar-refractivity contribution in [1.82, 2.24) is 48.2 Å². The van der Waals surface area contributed by atoms with E-state index in [1.54, 1.807) is 0 Å². The van der Waals surface area contributed by atoms with Gasteiger partial charge in [0.2, 0.25) is 0 Å². The van der Waals surface area contributed by atoms with Crippen LogP contribution in [0.1, 0.15) is 0 Å². The second-order valence-electron chi connectivity index (χ2n) is 31.3. The van der Waals surface area contributed by atoms with Crippen LogP contribution in [-0.2, 0) is 0 Å². The minimum atomic E-state index is 0.622. The first-order chi connectivity index (χ1) is 61.5. The Bertz CT molecular complexity index is 8130. The van der Waals surface area contributed by atoms with Crippen LogP contribution in [0.25, 0.3) is 223 Å². The molecule has 6 aromatic heterocycles. The maximum atomic E-state index is 5.11. The van der Waals surface area contributed by atoms with E-state index < -0.39 is 0 Å². The van der Waals surface area contributed by atoms with Gasteiger partial charge in [0.05, 0.1) is 44.1 Å². The molecule has 0 aliphatic carbocycles. The van der Waals surface area contributed by atoms with E-state index in [0.29, 0.717) is 34.9 Å². The molecule has 0 spiro atoms. The monoisotopic (exact) mass is 1580 g/mol. The molecule has 0 aliphatic heterocycles. The van der Waals surface area contributed by atoms with Crippen molar-refractivity contribution in [3.05, 3.63) is 449 Å². The van der Waals surface area contributed by atoms with Crippen molar-refractivity contribution >= 4 is 87.2 Å². The van der Waals surface area contributed by atoms with Gasteiger partial charge in [0.25, 0.3) is 0 Å². The van der Waals surface area contributed by atoms with E-state index in [0.717, 1.165) is 100 Å². The van der Waals surface area contributed by atoms with E-state index in [9.17, 15) is 0 Å². The van der Waals surface area contributed by atoms with E-state index in [2.05, 4.69) is 394 Å². The summed E-state index contributed by atoms with van der Waals surface area (Å²) >= 11 is 0. The molecule has 0 fully saturated rings. The fourth-order valence-electron chi connectivity index (χ4n) is 18.0. The van der Waals surface area contributed by atoms with Crippen molar-refractivity contribution in [3.8, 4) is 136 Å². The summed E-state index contributed by atoms with van der Waals surface area (Å²) in [6, 6.07) is 159. The van der Waals surface area contributed by atoms with Crippen molar-refractivity contribution in [1.29, 1.82) is 0 Å². The minimum absolute atomic E-state index is 0.622. The third-order valence-corrected chi connectivity index (χ3v) is 24.0. The highest BCUT2D eigenvalue weighted by Crippen LogP contribution is 2.44. The zero-order valence-electron chi connectivity index (χ0n) is 67.2. The Morgan fingerprint density at radius 2 is 0.298 bits per heavy atom. The summed E-state index contributed by atoms with van der Waals surface area (Å²) in [7, 11) is 0. The molecule has 124 heavy (non-hydrogen) atoms. The molecule has 10 nitrogen and oxygen atoms in total.